The van der Waals surface area contributed by atoms with Crippen LogP contribution >= 0.6 is 0 Å². The summed E-state index contributed by atoms with van der Waals surface area (Å²) in [6.45, 7) is 10.2. The lowest BCUT2D eigenvalue weighted by atomic mass is 10.1. The van der Waals surface area contributed by atoms with E-state index < -0.39 is 0 Å². The van der Waals surface area contributed by atoms with Crippen LogP contribution in [0.4, 0.5) is 0 Å². The number of aromatic nitrogens is 5. The zero-order valence-electron chi connectivity index (χ0n) is 13.0. The third-order valence-electron chi connectivity index (χ3n) is 3.67. The van der Waals surface area contributed by atoms with Crippen molar-refractivity contribution < 1.29 is 0 Å². The summed E-state index contributed by atoms with van der Waals surface area (Å²) in [6, 6.07) is 0.322. The van der Waals surface area contributed by atoms with Crippen LogP contribution < -0.4 is 5.32 Å². The Kier molecular flexibility index (Phi) is 4.54. The van der Waals surface area contributed by atoms with E-state index >= 15 is 0 Å². The summed E-state index contributed by atoms with van der Waals surface area (Å²) < 4.78 is 3.80. The summed E-state index contributed by atoms with van der Waals surface area (Å²) in [4.78, 5) is 4.26. The van der Waals surface area contributed by atoms with Crippen LogP contribution in [0.1, 0.15) is 49.1 Å². The van der Waals surface area contributed by atoms with Crippen molar-refractivity contribution in [3.63, 3.8) is 0 Å². The molecule has 0 aliphatic rings. The normalized spacial score (nSPS) is 12.8. The summed E-state index contributed by atoms with van der Waals surface area (Å²) >= 11 is 0. The molecule has 0 aliphatic heterocycles. The Hall–Kier alpha value is -1.69. The highest BCUT2D eigenvalue weighted by molar-refractivity contribution is 5.28. The van der Waals surface area contributed by atoms with E-state index in [1.807, 2.05) is 11.7 Å². The molecule has 6 heteroatoms. The van der Waals surface area contributed by atoms with Crippen LogP contribution in [-0.4, -0.2) is 31.1 Å². The van der Waals surface area contributed by atoms with Gasteiger partial charge >= 0.3 is 0 Å². The number of nitrogens with one attached hydrogen (secondary N) is 1. The average Bonchev–Trinajstić information content (AvgIpc) is 2.92. The molecule has 0 aromatic carbocycles. The zero-order chi connectivity index (χ0) is 14.7. The summed E-state index contributed by atoms with van der Waals surface area (Å²) in [5.74, 6) is 0.913. The van der Waals surface area contributed by atoms with Gasteiger partial charge in [0.1, 0.15) is 18.7 Å². The first-order valence-corrected chi connectivity index (χ1v) is 7.14. The highest BCUT2D eigenvalue weighted by Crippen LogP contribution is 2.21. The van der Waals surface area contributed by atoms with Crippen LogP contribution in [0.2, 0.25) is 0 Å². The molecule has 0 spiro atoms. The van der Waals surface area contributed by atoms with Crippen LogP contribution in [0.3, 0.4) is 0 Å². The standard InChI is InChI=1S/C14H24N6/c1-6-7-15-10(2)14-11(3)18-20(12(14)4)8-13-16-9-17-19(13)5/h9-10,15H,6-8H2,1-5H3. The maximum absolute atomic E-state index is 4.65. The SMILES string of the molecule is CCCNC(C)c1c(C)nn(Cc2ncnn2C)c1C. The van der Waals surface area contributed by atoms with Gasteiger partial charge in [-0.05, 0) is 33.7 Å². The molecule has 1 unspecified atom stereocenters. The molecule has 2 rings (SSSR count). The van der Waals surface area contributed by atoms with Gasteiger partial charge in [0.2, 0.25) is 0 Å². The van der Waals surface area contributed by atoms with E-state index in [0.29, 0.717) is 12.6 Å². The molecule has 2 aromatic rings. The van der Waals surface area contributed by atoms with Crippen LogP contribution in [0.5, 0.6) is 0 Å². The van der Waals surface area contributed by atoms with E-state index in [1.54, 1.807) is 11.0 Å². The van der Waals surface area contributed by atoms with E-state index in [-0.39, 0.29) is 0 Å². The number of rotatable bonds is 6. The third kappa shape index (κ3) is 2.90. The highest BCUT2D eigenvalue weighted by atomic mass is 15.4. The smallest absolute Gasteiger partial charge is 0.148 e. The van der Waals surface area contributed by atoms with Crippen molar-refractivity contribution in [1.29, 1.82) is 0 Å². The summed E-state index contributed by atoms with van der Waals surface area (Å²) in [6.07, 6.45) is 2.71. The number of hydrogen-bond donors (Lipinski definition) is 1. The largest absolute Gasteiger partial charge is 0.310 e. The highest BCUT2D eigenvalue weighted by Gasteiger charge is 2.17. The second-order valence-corrected chi connectivity index (χ2v) is 5.22. The predicted molar refractivity (Wildman–Crippen MR) is 78.5 cm³/mol. The molecular weight excluding hydrogens is 252 g/mol. The van der Waals surface area contributed by atoms with Crippen molar-refractivity contribution in [2.24, 2.45) is 7.05 Å². The van der Waals surface area contributed by atoms with E-state index in [0.717, 1.165) is 24.5 Å². The summed E-state index contributed by atoms with van der Waals surface area (Å²) in [5, 5.41) is 12.3. The van der Waals surface area contributed by atoms with Crippen molar-refractivity contribution in [3.05, 3.63) is 29.1 Å². The lowest BCUT2D eigenvalue weighted by Crippen LogP contribution is -2.20. The first kappa shape index (κ1) is 14.7. The van der Waals surface area contributed by atoms with Crippen LogP contribution in [-0.2, 0) is 13.6 Å². The van der Waals surface area contributed by atoms with E-state index in [9.17, 15) is 0 Å². The first-order valence-electron chi connectivity index (χ1n) is 7.14. The Labute approximate surface area is 120 Å². The van der Waals surface area contributed by atoms with E-state index in [2.05, 4.69) is 48.2 Å². The van der Waals surface area contributed by atoms with E-state index in [1.165, 1.54) is 11.3 Å². The Balaban J connectivity index is 2.22. The fourth-order valence-corrected chi connectivity index (χ4v) is 2.55. The lowest BCUT2D eigenvalue weighted by Gasteiger charge is -2.14. The van der Waals surface area contributed by atoms with Crippen LogP contribution in [0, 0.1) is 13.8 Å². The van der Waals surface area contributed by atoms with Crippen molar-refractivity contribution in [2.75, 3.05) is 6.54 Å². The minimum atomic E-state index is 0.322. The van der Waals surface area contributed by atoms with Gasteiger partial charge in [-0.1, -0.05) is 6.92 Å². The third-order valence-corrected chi connectivity index (χ3v) is 3.67. The molecule has 0 aliphatic carbocycles. The maximum Gasteiger partial charge on any atom is 0.148 e. The van der Waals surface area contributed by atoms with Crippen molar-refractivity contribution in [3.8, 4) is 0 Å². The summed E-state index contributed by atoms with van der Waals surface area (Å²) in [7, 11) is 1.90. The molecule has 110 valence electrons. The molecule has 0 bridgehead atoms. The molecule has 2 aromatic heterocycles. The molecule has 0 fully saturated rings. The van der Waals surface area contributed by atoms with Gasteiger partial charge in [0.05, 0.1) is 5.69 Å². The van der Waals surface area contributed by atoms with Crippen LogP contribution in [0.25, 0.3) is 0 Å². The fourth-order valence-electron chi connectivity index (χ4n) is 2.55. The van der Waals surface area contributed by atoms with Gasteiger partial charge in [-0.25, -0.2) is 4.98 Å². The Morgan fingerprint density at radius 1 is 1.35 bits per heavy atom. The van der Waals surface area contributed by atoms with Gasteiger partial charge < -0.3 is 5.32 Å². The predicted octanol–water partition coefficient (Wildman–Crippen LogP) is 1.74. The molecule has 0 amide bonds. The second-order valence-electron chi connectivity index (χ2n) is 5.22. The molecular formula is C14H24N6. The first-order chi connectivity index (χ1) is 9.54. The van der Waals surface area contributed by atoms with Crippen molar-refractivity contribution in [1.82, 2.24) is 29.9 Å². The molecule has 0 radical (unpaired) electrons. The molecule has 0 saturated heterocycles. The fraction of sp³-hybridized carbons (Fsp3) is 0.643. The lowest BCUT2D eigenvalue weighted by molar-refractivity contribution is 0.561. The van der Waals surface area contributed by atoms with Gasteiger partial charge in [-0.2, -0.15) is 10.2 Å². The molecule has 2 heterocycles. The minimum Gasteiger partial charge on any atom is -0.310 e. The molecule has 6 nitrogen and oxygen atoms in total. The van der Waals surface area contributed by atoms with Crippen molar-refractivity contribution in [2.45, 2.75) is 46.7 Å². The Morgan fingerprint density at radius 2 is 2.10 bits per heavy atom. The average molecular weight is 276 g/mol. The minimum absolute atomic E-state index is 0.322. The second kappa shape index (κ2) is 6.17. The molecule has 0 saturated carbocycles. The quantitative estimate of drug-likeness (QED) is 0.873. The Bertz CT molecular complexity index is 568. The van der Waals surface area contributed by atoms with Crippen molar-refractivity contribution >= 4 is 0 Å². The number of nitrogens with zero attached hydrogens (tertiary/aromatic N) is 5. The van der Waals surface area contributed by atoms with Gasteiger partial charge in [0.25, 0.3) is 0 Å². The van der Waals surface area contributed by atoms with Gasteiger partial charge in [-0.3, -0.25) is 9.36 Å². The molecule has 1 atom stereocenters. The monoisotopic (exact) mass is 276 g/mol. The zero-order valence-corrected chi connectivity index (χ0v) is 13.0. The molecule has 1 N–H and O–H groups in total. The van der Waals surface area contributed by atoms with Gasteiger partial charge in [0.15, 0.2) is 0 Å². The van der Waals surface area contributed by atoms with E-state index in [4.69, 9.17) is 0 Å². The topological polar surface area (TPSA) is 60.6 Å². The van der Waals surface area contributed by atoms with Gasteiger partial charge in [-0.15, -0.1) is 0 Å². The summed E-state index contributed by atoms with van der Waals surface area (Å²) in [5.41, 5.74) is 3.57. The van der Waals surface area contributed by atoms with Gasteiger partial charge in [0, 0.05) is 24.3 Å². The van der Waals surface area contributed by atoms with Crippen LogP contribution in [0.15, 0.2) is 6.33 Å². The number of aryl methyl sites for hydroxylation is 2. The number of hydrogen-bond acceptors (Lipinski definition) is 4. The molecule has 20 heavy (non-hydrogen) atoms. The Morgan fingerprint density at radius 3 is 2.70 bits per heavy atom. The maximum atomic E-state index is 4.65.